The van der Waals surface area contributed by atoms with Crippen molar-refractivity contribution in [1.29, 1.82) is 0 Å². The van der Waals surface area contributed by atoms with Gasteiger partial charge in [-0.25, -0.2) is 9.97 Å². The van der Waals surface area contributed by atoms with E-state index in [0.717, 1.165) is 4.47 Å². The molecule has 1 amide bonds. The number of amides is 1. The van der Waals surface area contributed by atoms with Crippen LogP contribution in [0.1, 0.15) is 10.5 Å². The minimum absolute atomic E-state index is 0.0734. The fraction of sp³-hybridized carbons (Fsp3) is 0. The lowest BCUT2D eigenvalue weighted by Gasteiger charge is -2.03. The van der Waals surface area contributed by atoms with Gasteiger partial charge in [0, 0.05) is 10.7 Å². The summed E-state index contributed by atoms with van der Waals surface area (Å²) in [4.78, 5) is 30.8. The quantitative estimate of drug-likeness (QED) is 0.690. The first-order chi connectivity index (χ1) is 9.63. The Balaban J connectivity index is 1.88. The first-order valence-electron chi connectivity index (χ1n) is 5.43. The number of nitrogens with zero attached hydrogens (tertiary/aromatic N) is 4. The summed E-state index contributed by atoms with van der Waals surface area (Å²) in [5.41, 5.74) is 1.14. The lowest BCUT2D eigenvalue weighted by molar-refractivity contribution is 0.102. The van der Waals surface area contributed by atoms with E-state index >= 15 is 0 Å². The van der Waals surface area contributed by atoms with Crippen LogP contribution in [-0.4, -0.2) is 30.8 Å². The lowest BCUT2D eigenvalue weighted by Crippen LogP contribution is -2.15. The van der Waals surface area contributed by atoms with E-state index in [-0.39, 0.29) is 16.8 Å². The molecule has 0 saturated carbocycles. The molecule has 3 heterocycles. The van der Waals surface area contributed by atoms with Gasteiger partial charge in [-0.1, -0.05) is 11.6 Å². The molecule has 0 saturated heterocycles. The summed E-state index contributed by atoms with van der Waals surface area (Å²) in [6.45, 7) is 0. The van der Waals surface area contributed by atoms with Gasteiger partial charge in [0.05, 0.1) is 6.33 Å². The van der Waals surface area contributed by atoms with Gasteiger partial charge in [-0.2, -0.15) is 9.97 Å². The van der Waals surface area contributed by atoms with Crippen LogP contribution in [0, 0.1) is 0 Å². The normalized spacial score (nSPS) is 10.7. The number of halogens is 2. The number of aromatic nitrogens is 5. The molecule has 0 fully saturated rings. The molecule has 20 heavy (non-hydrogen) atoms. The van der Waals surface area contributed by atoms with Gasteiger partial charge in [0.25, 0.3) is 5.91 Å². The summed E-state index contributed by atoms with van der Waals surface area (Å²) in [7, 11) is 0. The van der Waals surface area contributed by atoms with Crippen molar-refractivity contribution < 1.29 is 4.79 Å². The van der Waals surface area contributed by atoms with E-state index in [1.54, 1.807) is 12.1 Å². The molecule has 0 spiro atoms. The lowest BCUT2D eigenvalue weighted by atomic mass is 10.3. The Morgan fingerprint density at radius 1 is 1.30 bits per heavy atom. The minimum atomic E-state index is -0.427. The molecule has 0 aromatic carbocycles. The van der Waals surface area contributed by atoms with E-state index < -0.39 is 5.91 Å². The molecule has 7 nitrogen and oxygen atoms in total. The topological polar surface area (TPSA) is 96.5 Å². The Hall–Kier alpha value is -2.06. The Kier molecular flexibility index (Phi) is 3.33. The summed E-state index contributed by atoms with van der Waals surface area (Å²) in [5, 5.41) is 2.71. The number of H-pyrrole nitrogens is 1. The van der Waals surface area contributed by atoms with E-state index in [2.05, 4.69) is 46.2 Å². The number of hydrogen-bond acceptors (Lipinski definition) is 5. The van der Waals surface area contributed by atoms with Crippen LogP contribution in [0.2, 0.25) is 5.15 Å². The molecule has 0 aliphatic rings. The van der Waals surface area contributed by atoms with Crippen LogP contribution in [0.5, 0.6) is 0 Å². The van der Waals surface area contributed by atoms with Gasteiger partial charge in [0.1, 0.15) is 11.2 Å². The van der Waals surface area contributed by atoms with Crippen LogP contribution < -0.4 is 5.32 Å². The summed E-state index contributed by atoms with van der Waals surface area (Å²) in [6.07, 6.45) is 2.98. The SMILES string of the molecule is O=C(Nc1nc(Cl)c2[nH]cnc2n1)c1ccc(Br)cn1. The molecule has 0 bridgehead atoms. The predicted molar refractivity (Wildman–Crippen MR) is 76.6 cm³/mol. The number of anilines is 1. The molecular formula is C11H6BrClN6O. The van der Waals surface area contributed by atoms with Crippen LogP contribution in [0.4, 0.5) is 5.95 Å². The van der Waals surface area contributed by atoms with Crippen LogP contribution in [0.15, 0.2) is 29.1 Å². The van der Waals surface area contributed by atoms with Crippen molar-refractivity contribution in [3.8, 4) is 0 Å². The van der Waals surface area contributed by atoms with Crippen molar-refractivity contribution in [1.82, 2.24) is 24.9 Å². The highest BCUT2D eigenvalue weighted by Crippen LogP contribution is 2.18. The molecule has 2 N–H and O–H groups in total. The van der Waals surface area contributed by atoms with Crippen molar-refractivity contribution in [2.45, 2.75) is 0 Å². The minimum Gasteiger partial charge on any atom is -0.341 e. The average Bonchev–Trinajstić information content (AvgIpc) is 2.88. The van der Waals surface area contributed by atoms with Crippen molar-refractivity contribution in [3.63, 3.8) is 0 Å². The fourth-order valence-electron chi connectivity index (χ4n) is 1.53. The Morgan fingerprint density at radius 3 is 2.90 bits per heavy atom. The maximum atomic E-state index is 12.0. The number of rotatable bonds is 2. The van der Waals surface area contributed by atoms with Crippen LogP contribution in [-0.2, 0) is 0 Å². The molecule has 0 aliphatic carbocycles. The standard InChI is InChI=1S/C11H6BrClN6O/c12-5-1-2-6(14-3-5)10(20)19-11-17-8(13)7-9(18-11)16-4-15-7/h1-4H,(H2,15,16,17,18,19,20). The third kappa shape index (κ3) is 2.47. The number of nitrogens with one attached hydrogen (secondary N) is 2. The molecule has 0 atom stereocenters. The number of hydrogen-bond donors (Lipinski definition) is 2. The maximum absolute atomic E-state index is 12.0. The second-order valence-electron chi connectivity index (χ2n) is 3.75. The molecule has 100 valence electrons. The van der Waals surface area contributed by atoms with Crippen LogP contribution in [0.3, 0.4) is 0 Å². The van der Waals surface area contributed by atoms with Crippen LogP contribution in [0.25, 0.3) is 11.2 Å². The first-order valence-corrected chi connectivity index (χ1v) is 6.60. The second-order valence-corrected chi connectivity index (χ2v) is 5.03. The predicted octanol–water partition coefficient (Wildman–Crippen LogP) is 2.42. The largest absolute Gasteiger partial charge is 0.341 e. The Labute approximate surface area is 126 Å². The van der Waals surface area contributed by atoms with Crippen molar-refractivity contribution in [3.05, 3.63) is 40.0 Å². The zero-order valence-corrected chi connectivity index (χ0v) is 12.1. The third-order valence-electron chi connectivity index (χ3n) is 2.43. The second kappa shape index (κ2) is 5.14. The van der Waals surface area contributed by atoms with Crippen molar-refractivity contribution >= 4 is 50.6 Å². The Bertz CT molecular complexity index is 787. The summed E-state index contributed by atoms with van der Waals surface area (Å²) < 4.78 is 0.784. The molecular weight excluding hydrogens is 348 g/mol. The first kappa shape index (κ1) is 12.9. The molecule has 3 aromatic rings. The highest BCUT2D eigenvalue weighted by atomic mass is 79.9. The van der Waals surface area contributed by atoms with Gasteiger partial charge >= 0.3 is 0 Å². The molecule has 0 unspecified atom stereocenters. The van der Waals surface area contributed by atoms with Crippen molar-refractivity contribution in [2.24, 2.45) is 0 Å². The molecule has 3 rings (SSSR count). The van der Waals surface area contributed by atoms with Gasteiger partial charge in [-0.15, -0.1) is 0 Å². The fourth-order valence-corrected chi connectivity index (χ4v) is 1.98. The molecule has 9 heteroatoms. The number of fused-ring (bicyclic) bond motifs is 1. The van der Waals surface area contributed by atoms with E-state index in [4.69, 9.17) is 11.6 Å². The van der Waals surface area contributed by atoms with E-state index in [1.165, 1.54) is 12.5 Å². The number of carbonyl (C=O) groups excluding carboxylic acids is 1. The van der Waals surface area contributed by atoms with E-state index in [1.807, 2.05) is 0 Å². The maximum Gasteiger partial charge on any atom is 0.276 e. The average molecular weight is 354 g/mol. The molecule has 0 radical (unpaired) electrons. The van der Waals surface area contributed by atoms with Gasteiger partial charge in [0.15, 0.2) is 10.8 Å². The number of imidazole rings is 1. The molecule has 0 aliphatic heterocycles. The summed E-state index contributed by atoms with van der Waals surface area (Å²) in [5.74, 6) is -0.354. The summed E-state index contributed by atoms with van der Waals surface area (Å²) in [6, 6.07) is 3.29. The van der Waals surface area contributed by atoms with Gasteiger partial charge in [-0.3, -0.25) is 10.1 Å². The third-order valence-corrected chi connectivity index (χ3v) is 3.17. The summed E-state index contributed by atoms with van der Waals surface area (Å²) >= 11 is 9.20. The van der Waals surface area contributed by atoms with Gasteiger partial charge in [0.2, 0.25) is 5.95 Å². The van der Waals surface area contributed by atoms with E-state index in [0.29, 0.717) is 11.2 Å². The highest BCUT2D eigenvalue weighted by molar-refractivity contribution is 9.10. The molecule has 3 aromatic heterocycles. The zero-order chi connectivity index (χ0) is 14.1. The van der Waals surface area contributed by atoms with Gasteiger partial charge < -0.3 is 4.98 Å². The smallest absolute Gasteiger partial charge is 0.276 e. The Morgan fingerprint density at radius 2 is 2.15 bits per heavy atom. The monoisotopic (exact) mass is 352 g/mol. The number of carbonyl (C=O) groups is 1. The number of pyridine rings is 1. The van der Waals surface area contributed by atoms with Crippen LogP contribution >= 0.6 is 27.5 Å². The van der Waals surface area contributed by atoms with Gasteiger partial charge in [-0.05, 0) is 28.1 Å². The number of aromatic amines is 1. The zero-order valence-electron chi connectivity index (χ0n) is 9.76. The van der Waals surface area contributed by atoms with E-state index in [9.17, 15) is 4.79 Å². The highest BCUT2D eigenvalue weighted by Gasteiger charge is 2.12. The van der Waals surface area contributed by atoms with Crippen molar-refractivity contribution in [2.75, 3.05) is 5.32 Å².